The van der Waals surface area contributed by atoms with Gasteiger partial charge in [0.25, 0.3) is 0 Å². The lowest BCUT2D eigenvalue weighted by molar-refractivity contribution is 0.843. The van der Waals surface area contributed by atoms with Gasteiger partial charge in [-0.3, -0.25) is 0 Å². The van der Waals surface area contributed by atoms with E-state index in [-0.39, 0.29) is 9.68 Å². The second kappa shape index (κ2) is 5.32. The zero-order valence-electron chi connectivity index (χ0n) is 6.20. The molecular weight excluding hydrogens is 114 g/mol. The molecule has 0 amide bonds. The number of rotatable bonds is 4. The number of hydrogen-bond donors (Lipinski definition) is 1. The largest absolute Gasteiger partial charge is 0.342 e. The van der Waals surface area contributed by atoms with Crippen LogP contribution in [0.3, 0.4) is 0 Å². The van der Waals surface area contributed by atoms with Crippen molar-refractivity contribution in [3.63, 3.8) is 0 Å². The highest BCUT2D eigenvalue weighted by molar-refractivity contribution is 6.33. The summed E-state index contributed by atoms with van der Waals surface area (Å²) in [5.41, 5.74) is 0.932. The van der Waals surface area contributed by atoms with Crippen molar-refractivity contribution in [2.24, 2.45) is 0 Å². The van der Waals surface area contributed by atoms with Crippen molar-refractivity contribution in [3.8, 4) is 0 Å². The Morgan fingerprint density at radius 2 is 2.12 bits per heavy atom. The van der Waals surface area contributed by atoms with Crippen LogP contribution in [0.5, 0.6) is 0 Å². The molecular formula is C6H17NSi. The van der Waals surface area contributed by atoms with Crippen molar-refractivity contribution in [2.45, 2.75) is 32.7 Å². The molecule has 0 saturated carbocycles. The van der Waals surface area contributed by atoms with Crippen LogP contribution in [-0.2, 0) is 0 Å². The molecule has 0 aromatic rings. The first-order valence-corrected chi connectivity index (χ1v) is 5.00. The van der Waals surface area contributed by atoms with E-state index in [1.807, 2.05) is 0 Å². The van der Waals surface area contributed by atoms with Crippen LogP contribution in [-0.4, -0.2) is 16.2 Å². The predicted octanol–water partition coefficient (Wildman–Crippen LogP) is 0.898. The zero-order valence-corrected chi connectivity index (χ0v) is 7.61. The molecule has 0 aromatic heterocycles. The van der Waals surface area contributed by atoms with Gasteiger partial charge in [-0.25, -0.2) is 0 Å². The lowest BCUT2D eigenvalue weighted by Crippen LogP contribution is -2.21. The molecule has 0 bridgehead atoms. The quantitative estimate of drug-likeness (QED) is 0.441. The summed E-state index contributed by atoms with van der Waals surface area (Å²) in [6.45, 7) is 8.01. The molecule has 0 atom stereocenters. The normalized spacial score (nSPS) is 12.0. The van der Waals surface area contributed by atoms with Crippen molar-refractivity contribution >= 4 is 9.68 Å². The minimum atomic E-state index is 0.0851. The molecule has 50 valence electrons. The standard InChI is InChI=1S/C6H17NSi/c1-4-5-7-8-6(2)3/h6-7H,4-5,8H2,1-3H3. The second-order valence-electron chi connectivity index (χ2n) is 2.60. The van der Waals surface area contributed by atoms with Crippen molar-refractivity contribution in [1.29, 1.82) is 0 Å². The Labute approximate surface area is 54.8 Å². The van der Waals surface area contributed by atoms with Gasteiger partial charge in [0.05, 0.1) is 9.68 Å². The highest BCUT2D eigenvalue weighted by Gasteiger charge is 1.90. The first-order valence-electron chi connectivity index (χ1n) is 3.48. The molecule has 0 fully saturated rings. The van der Waals surface area contributed by atoms with Gasteiger partial charge >= 0.3 is 0 Å². The average Bonchev–Trinajstić information content (AvgIpc) is 1.66. The van der Waals surface area contributed by atoms with Crippen molar-refractivity contribution in [1.82, 2.24) is 4.98 Å². The minimum absolute atomic E-state index is 0.0851. The van der Waals surface area contributed by atoms with Crippen LogP contribution >= 0.6 is 0 Å². The molecule has 0 aliphatic heterocycles. The summed E-state index contributed by atoms with van der Waals surface area (Å²) in [7, 11) is 0.0851. The van der Waals surface area contributed by atoms with Crippen LogP contribution in [0.4, 0.5) is 0 Å². The highest BCUT2D eigenvalue weighted by atomic mass is 28.2. The Morgan fingerprint density at radius 1 is 1.50 bits per heavy atom. The molecule has 0 aliphatic rings. The fourth-order valence-electron chi connectivity index (χ4n) is 0.568. The second-order valence-corrected chi connectivity index (χ2v) is 5.14. The lowest BCUT2D eigenvalue weighted by atomic mass is 10.5. The van der Waals surface area contributed by atoms with E-state index in [1.165, 1.54) is 13.0 Å². The van der Waals surface area contributed by atoms with Gasteiger partial charge in [-0.1, -0.05) is 20.8 Å². The van der Waals surface area contributed by atoms with Crippen LogP contribution in [0.25, 0.3) is 0 Å². The molecule has 0 spiro atoms. The van der Waals surface area contributed by atoms with E-state index in [1.54, 1.807) is 0 Å². The fourth-order valence-corrected chi connectivity index (χ4v) is 1.70. The molecule has 0 aliphatic carbocycles. The van der Waals surface area contributed by atoms with Crippen LogP contribution in [0.2, 0.25) is 5.54 Å². The molecule has 8 heavy (non-hydrogen) atoms. The third-order valence-electron chi connectivity index (χ3n) is 0.979. The van der Waals surface area contributed by atoms with E-state index in [2.05, 4.69) is 25.8 Å². The van der Waals surface area contributed by atoms with Crippen molar-refractivity contribution in [2.75, 3.05) is 6.54 Å². The van der Waals surface area contributed by atoms with Gasteiger partial charge < -0.3 is 4.98 Å². The maximum Gasteiger partial charge on any atom is 0.0942 e. The predicted molar refractivity (Wildman–Crippen MR) is 41.9 cm³/mol. The van der Waals surface area contributed by atoms with Crippen LogP contribution in [0.15, 0.2) is 0 Å². The third-order valence-corrected chi connectivity index (χ3v) is 2.44. The van der Waals surface area contributed by atoms with E-state index >= 15 is 0 Å². The summed E-state index contributed by atoms with van der Waals surface area (Å²) < 4.78 is 0. The van der Waals surface area contributed by atoms with E-state index in [0.717, 1.165) is 5.54 Å². The van der Waals surface area contributed by atoms with Crippen LogP contribution in [0.1, 0.15) is 27.2 Å². The van der Waals surface area contributed by atoms with Gasteiger partial charge in [-0.05, 0) is 18.5 Å². The average molecular weight is 131 g/mol. The zero-order chi connectivity index (χ0) is 6.41. The Bertz CT molecular complexity index is 45.8. The van der Waals surface area contributed by atoms with Gasteiger partial charge in [-0.2, -0.15) is 0 Å². The first kappa shape index (κ1) is 8.18. The summed E-state index contributed by atoms with van der Waals surface area (Å²) in [5.74, 6) is 0. The lowest BCUT2D eigenvalue weighted by Gasteiger charge is -2.02. The van der Waals surface area contributed by atoms with E-state index in [9.17, 15) is 0 Å². The SMILES string of the molecule is CCCN[SiH2]C(C)C. The van der Waals surface area contributed by atoms with Crippen molar-refractivity contribution < 1.29 is 0 Å². The third kappa shape index (κ3) is 6.18. The Morgan fingerprint density at radius 3 is 2.50 bits per heavy atom. The number of nitrogens with one attached hydrogen (secondary N) is 1. The number of hydrogen-bond acceptors (Lipinski definition) is 1. The topological polar surface area (TPSA) is 12.0 Å². The van der Waals surface area contributed by atoms with Crippen LogP contribution in [0, 0.1) is 0 Å². The molecule has 0 heterocycles. The Hall–Kier alpha value is 0.177. The Kier molecular flexibility index (Phi) is 5.43. The molecule has 0 unspecified atom stereocenters. The van der Waals surface area contributed by atoms with Gasteiger partial charge in [-0.15, -0.1) is 0 Å². The molecule has 1 nitrogen and oxygen atoms in total. The van der Waals surface area contributed by atoms with Crippen molar-refractivity contribution in [3.05, 3.63) is 0 Å². The molecule has 0 saturated heterocycles. The maximum atomic E-state index is 3.47. The summed E-state index contributed by atoms with van der Waals surface area (Å²) in [6.07, 6.45) is 1.28. The smallest absolute Gasteiger partial charge is 0.0942 e. The van der Waals surface area contributed by atoms with Gasteiger partial charge in [0, 0.05) is 0 Å². The molecule has 2 heteroatoms. The first-order chi connectivity index (χ1) is 3.77. The fraction of sp³-hybridized carbons (Fsp3) is 1.00. The summed E-state index contributed by atoms with van der Waals surface area (Å²) in [4.78, 5) is 3.47. The Balaban J connectivity index is 2.72. The van der Waals surface area contributed by atoms with Crippen LogP contribution < -0.4 is 4.98 Å². The monoisotopic (exact) mass is 131 g/mol. The molecule has 0 rings (SSSR count). The summed E-state index contributed by atoms with van der Waals surface area (Å²) in [6, 6.07) is 0. The molecule has 1 N–H and O–H groups in total. The van der Waals surface area contributed by atoms with Gasteiger partial charge in [0.15, 0.2) is 0 Å². The van der Waals surface area contributed by atoms with E-state index < -0.39 is 0 Å². The van der Waals surface area contributed by atoms with Gasteiger partial charge in [0.1, 0.15) is 0 Å². The van der Waals surface area contributed by atoms with E-state index in [4.69, 9.17) is 0 Å². The maximum absolute atomic E-state index is 3.47. The summed E-state index contributed by atoms with van der Waals surface area (Å²) in [5, 5.41) is 0. The molecule has 0 radical (unpaired) electrons. The molecule has 0 aromatic carbocycles. The van der Waals surface area contributed by atoms with Gasteiger partial charge in [0.2, 0.25) is 0 Å². The highest BCUT2D eigenvalue weighted by Crippen LogP contribution is 1.92. The summed E-state index contributed by atoms with van der Waals surface area (Å²) >= 11 is 0. The van der Waals surface area contributed by atoms with E-state index in [0.29, 0.717) is 0 Å². The minimum Gasteiger partial charge on any atom is -0.342 e.